The van der Waals surface area contributed by atoms with E-state index in [1.54, 1.807) is 13.0 Å². The third kappa shape index (κ3) is 3.05. The first-order valence-corrected chi connectivity index (χ1v) is 5.46. The second-order valence-electron chi connectivity index (χ2n) is 4.30. The van der Waals surface area contributed by atoms with E-state index in [4.69, 9.17) is 9.26 Å². The molecule has 0 saturated heterocycles. The molecule has 1 saturated carbocycles. The molecule has 2 rings (SSSR count). The molecule has 1 amide bonds. The molecule has 1 fully saturated rings. The van der Waals surface area contributed by atoms with Gasteiger partial charge in [0.05, 0.1) is 5.92 Å². The highest BCUT2D eigenvalue weighted by atomic mass is 16.5. The highest BCUT2D eigenvalue weighted by Gasteiger charge is 2.40. The Morgan fingerprint density at radius 1 is 1.65 bits per heavy atom. The van der Waals surface area contributed by atoms with Crippen LogP contribution in [0, 0.1) is 18.8 Å². The molecule has 6 heteroatoms. The van der Waals surface area contributed by atoms with Crippen molar-refractivity contribution in [1.82, 2.24) is 5.16 Å². The zero-order valence-electron chi connectivity index (χ0n) is 9.73. The third-order valence-corrected chi connectivity index (χ3v) is 2.65. The van der Waals surface area contributed by atoms with E-state index in [-0.39, 0.29) is 18.5 Å². The van der Waals surface area contributed by atoms with Gasteiger partial charge in [-0.1, -0.05) is 12.1 Å². The third-order valence-electron chi connectivity index (χ3n) is 2.65. The number of hydrogen-bond acceptors (Lipinski definition) is 5. The summed E-state index contributed by atoms with van der Waals surface area (Å²) in [6.45, 7) is 3.41. The summed E-state index contributed by atoms with van der Waals surface area (Å²) in [6.07, 6.45) is 0.850. The van der Waals surface area contributed by atoms with Crippen molar-refractivity contribution in [2.45, 2.75) is 20.3 Å². The molecule has 0 unspecified atom stereocenters. The summed E-state index contributed by atoms with van der Waals surface area (Å²) in [5.74, 6) is 0.553. The van der Waals surface area contributed by atoms with Gasteiger partial charge in [0, 0.05) is 6.07 Å². The minimum atomic E-state index is -0.417. The number of ether oxygens (including phenoxy) is 1. The van der Waals surface area contributed by atoms with E-state index < -0.39 is 5.91 Å². The fraction of sp³-hybridized carbons (Fsp3) is 0.545. The lowest BCUT2D eigenvalue weighted by Gasteiger charge is -2.03. The topological polar surface area (TPSA) is 81.4 Å². The fourth-order valence-electron chi connectivity index (χ4n) is 1.50. The summed E-state index contributed by atoms with van der Waals surface area (Å²) < 4.78 is 9.65. The van der Waals surface area contributed by atoms with Crippen molar-refractivity contribution >= 4 is 17.7 Å². The number of rotatable bonds is 4. The van der Waals surface area contributed by atoms with Gasteiger partial charge in [0.1, 0.15) is 5.76 Å². The Hall–Kier alpha value is -1.85. The number of anilines is 1. The maximum Gasteiger partial charge on any atom is 0.309 e. The lowest BCUT2D eigenvalue weighted by Crippen LogP contribution is -2.21. The minimum absolute atomic E-state index is 0.0305. The van der Waals surface area contributed by atoms with Crippen LogP contribution in [0.2, 0.25) is 0 Å². The molecule has 2 atom stereocenters. The van der Waals surface area contributed by atoms with Gasteiger partial charge in [0.15, 0.2) is 12.4 Å². The molecule has 1 aliphatic rings. The van der Waals surface area contributed by atoms with Gasteiger partial charge in [-0.15, -0.1) is 0 Å². The van der Waals surface area contributed by atoms with Gasteiger partial charge in [-0.05, 0) is 19.3 Å². The van der Waals surface area contributed by atoms with Crippen LogP contribution in [0.25, 0.3) is 0 Å². The predicted octanol–water partition coefficient (Wildman–Crippen LogP) is 1.12. The molecule has 0 spiro atoms. The zero-order valence-corrected chi connectivity index (χ0v) is 9.73. The highest BCUT2D eigenvalue weighted by molar-refractivity contribution is 5.92. The van der Waals surface area contributed by atoms with E-state index >= 15 is 0 Å². The van der Waals surface area contributed by atoms with Gasteiger partial charge in [0.25, 0.3) is 5.91 Å². The van der Waals surface area contributed by atoms with Crippen LogP contribution in [0.3, 0.4) is 0 Å². The number of esters is 1. The van der Waals surface area contributed by atoms with Crippen LogP contribution in [-0.2, 0) is 14.3 Å². The minimum Gasteiger partial charge on any atom is -0.455 e. The van der Waals surface area contributed by atoms with Crippen molar-refractivity contribution in [3.8, 4) is 0 Å². The number of nitrogens with zero attached hydrogens (tertiary/aromatic N) is 1. The second kappa shape index (κ2) is 4.57. The molecule has 1 N–H and O–H groups in total. The second-order valence-corrected chi connectivity index (χ2v) is 4.30. The SMILES string of the molecule is Cc1cc(NC(=O)COC(=O)[C@H]2C[C@@H]2C)no1. The first-order chi connectivity index (χ1) is 8.06. The van der Waals surface area contributed by atoms with Gasteiger partial charge in [-0.2, -0.15) is 0 Å². The van der Waals surface area contributed by atoms with E-state index in [0.717, 1.165) is 6.42 Å². The summed E-state index contributed by atoms with van der Waals surface area (Å²) in [4.78, 5) is 22.7. The van der Waals surface area contributed by atoms with Crippen LogP contribution >= 0.6 is 0 Å². The number of aryl methyl sites for hydroxylation is 1. The number of nitrogens with one attached hydrogen (secondary N) is 1. The van der Waals surface area contributed by atoms with Gasteiger partial charge >= 0.3 is 5.97 Å². The lowest BCUT2D eigenvalue weighted by molar-refractivity contribution is -0.148. The van der Waals surface area contributed by atoms with Gasteiger partial charge in [0.2, 0.25) is 0 Å². The summed E-state index contributed by atoms with van der Waals surface area (Å²) >= 11 is 0. The van der Waals surface area contributed by atoms with Crippen molar-refractivity contribution in [3.05, 3.63) is 11.8 Å². The Balaban J connectivity index is 1.72. The lowest BCUT2D eigenvalue weighted by atomic mass is 10.3. The molecule has 0 aromatic carbocycles. The molecule has 92 valence electrons. The Morgan fingerprint density at radius 3 is 2.88 bits per heavy atom. The van der Waals surface area contributed by atoms with Crippen molar-refractivity contribution < 1.29 is 18.8 Å². The van der Waals surface area contributed by atoms with Gasteiger partial charge < -0.3 is 14.6 Å². The molecular formula is C11H14N2O4. The highest BCUT2D eigenvalue weighted by Crippen LogP contribution is 2.38. The number of carbonyl (C=O) groups excluding carboxylic acids is 2. The Kier molecular flexibility index (Phi) is 3.12. The quantitative estimate of drug-likeness (QED) is 0.795. The molecule has 17 heavy (non-hydrogen) atoms. The normalized spacial score (nSPS) is 22.0. The molecule has 1 heterocycles. The Morgan fingerprint density at radius 2 is 2.35 bits per heavy atom. The number of hydrogen-bond donors (Lipinski definition) is 1. The predicted molar refractivity (Wildman–Crippen MR) is 58.1 cm³/mol. The summed E-state index contributed by atoms with van der Waals surface area (Å²) in [5.41, 5.74) is 0. The van der Waals surface area contributed by atoms with E-state index in [1.807, 2.05) is 6.92 Å². The van der Waals surface area contributed by atoms with E-state index in [0.29, 0.717) is 17.5 Å². The molecule has 1 aliphatic carbocycles. The number of carbonyl (C=O) groups is 2. The molecule has 6 nitrogen and oxygen atoms in total. The average molecular weight is 238 g/mol. The molecule has 0 bridgehead atoms. The standard InChI is InChI=1S/C11H14N2O4/c1-6-3-8(6)11(15)16-5-10(14)12-9-4-7(2)17-13-9/h4,6,8H,3,5H2,1-2H3,(H,12,13,14)/t6-,8-/m0/s1. The molecule has 0 radical (unpaired) electrons. The van der Waals surface area contributed by atoms with E-state index in [1.165, 1.54) is 0 Å². The maximum absolute atomic E-state index is 11.4. The van der Waals surface area contributed by atoms with Crippen molar-refractivity contribution in [3.63, 3.8) is 0 Å². The van der Waals surface area contributed by atoms with Crippen molar-refractivity contribution in [1.29, 1.82) is 0 Å². The van der Waals surface area contributed by atoms with Crippen molar-refractivity contribution in [2.75, 3.05) is 11.9 Å². The van der Waals surface area contributed by atoms with E-state index in [2.05, 4.69) is 10.5 Å². The van der Waals surface area contributed by atoms with Gasteiger partial charge in [-0.25, -0.2) is 0 Å². The number of aromatic nitrogens is 1. The first-order valence-electron chi connectivity index (χ1n) is 5.46. The monoisotopic (exact) mass is 238 g/mol. The zero-order chi connectivity index (χ0) is 12.4. The maximum atomic E-state index is 11.4. The van der Waals surface area contributed by atoms with Crippen LogP contribution in [0.5, 0.6) is 0 Å². The smallest absolute Gasteiger partial charge is 0.309 e. The van der Waals surface area contributed by atoms with Crippen LogP contribution in [0.4, 0.5) is 5.82 Å². The summed E-state index contributed by atoms with van der Waals surface area (Å²) in [5, 5.41) is 6.06. The van der Waals surface area contributed by atoms with Gasteiger partial charge in [-0.3, -0.25) is 9.59 Å². The van der Waals surface area contributed by atoms with Crippen LogP contribution in [0.15, 0.2) is 10.6 Å². The average Bonchev–Trinajstić information content (AvgIpc) is 2.87. The number of amides is 1. The first kappa shape index (κ1) is 11.6. The largest absolute Gasteiger partial charge is 0.455 e. The molecule has 1 aromatic rings. The molecular weight excluding hydrogens is 224 g/mol. The summed E-state index contributed by atoms with van der Waals surface area (Å²) in [7, 11) is 0. The molecule has 0 aliphatic heterocycles. The van der Waals surface area contributed by atoms with E-state index in [9.17, 15) is 9.59 Å². The fourth-order valence-corrected chi connectivity index (χ4v) is 1.50. The van der Waals surface area contributed by atoms with Crippen molar-refractivity contribution in [2.24, 2.45) is 11.8 Å². The Labute approximate surface area is 98.3 Å². The van der Waals surface area contributed by atoms with Crippen LogP contribution < -0.4 is 5.32 Å². The van der Waals surface area contributed by atoms with Crippen LogP contribution in [-0.4, -0.2) is 23.6 Å². The summed E-state index contributed by atoms with van der Waals surface area (Å²) in [6, 6.07) is 1.59. The van der Waals surface area contributed by atoms with Crippen LogP contribution in [0.1, 0.15) is 19.1 Å². The Bertz CT molecular complexity index is 440. The molecule has 1 aromatic heterocycles.